The zero-order valence-corrected chi connectivity index (χ0v) is 13.6. The molecule has 18 heavy (non-hydrogen) atoms. The number of thiol groups is 1. The highest BCUT2D eigenvalue weighted by atomic mass is 32.1. The first-order valence-corrected chi connectivity index (χ1v) is 7.28. The molecule has 0 atom stereocenters. The van der Waals surface area contributed by atoms with Crippen LogP contribution in [0.3, 0.4) is 0 Å². The molecule has 0 spiro atoms. The van der Waals surface area contributed by atoms with Crippen molar-refractivity contribution in [2.24, 2.45) is 5.92 Å². The van der Waals surface area contributed by atoms with E-state index in [-0.39, 0.29) is 5.12 Å². The van der Waals surface area contributed by atoms with Crippen LogP contribution in [0.5, 0.6) is 0 Å². The summed E-state index contributed by atoms with van der Waals surface area (Å²) in [5, 5.41) is -0.142. The van der Waals surface area contributed by atoms with E-state index < -0.39 is 0 Å². The first-order valence-electron chi connectivity index (χ1n) is 6.84. The van der Waals surface area contributed by atoms with E-state index in [0.29, 0.717) is 5.92 Å². The minimum Gasteiger partial charge on any atom is -0.282 e. The van der Waals surface area contributed by atoms with E-state index in [2.05, 4.69) is 40.3 Å². The monoisotopic (exact) mass is 268 g/mol. The third kappa shape index (κ3) is 9.29. The highest BCUT2D eigenvalue weighted by Gasteiger charge is 2.07. The highest BCUT2D eigenvalue weighted by molar-refractivity contribution is 7.97. The second-order valence-electron chi connectivity index (χ2n) is 4.27. The predicted molar refractivity (Wildman–Crippen MR) is 85.6 cm³/mol. The maximum atomic E-state index is 11.1. The number of carbonyl (C=O) groups is 1. The molecule has 0 bridgehead atoms. The second-order valence-corrected chi connectivity index (χ2v) is 4.67. The molecule has 0 radical (unpaired) electrons. The van der Waals surface area contributed by atoms with Crippen LogP contribution < -0.4 is 0 Å². The van der Waals surface area contributed by atoms with E-state index in [9.17, 15) is 4.79 Å². The van der Waals surface area contributed by atoms with Gasteiger partial charge in [0.2, 0.25) is 5.12 Å². The van der Waals surface area contributed by atoms with Gasteiger partial charge in [0.05, 0.1) is 0 Å². The van der Waals surface area contributed by atoms with Crippen LogP contribution in [0.25, 0.3) is 0 Å². The van der Waals surface area contributed by atoms with Gasteiger partial charge in [0.1, 0.15) is 0 Å². The zero-order valence-electron chi connectivity index (χ0n) is 12.7. The lowest BCUT2D eigenvalue weighted by Crippen LogP contribution is -2.01. The van der Waals surface area contributed by atoms with Crippen molar-refractivity contribution in [2.45, 2.75) is 54.4 Å². The van der Waals surface area contributed by atoms with Gasteiger partial charge in [0.15, 0.2) is 0 Å². The van der Waals surface area contributed by atoms with Crippen molar-refractivity contribution in [3.63, 3.8) is 0 Å². The van der Waals surface area contributed by atoms with Crippen molar-refractivity contribution in [3.05, 3.63) is 35.4 Å². The molecule has 0 saturated heterocycles. The van der Waals surface area contributed by atoms with Gasteiger partial charge in [-0.05, 0) is 17.9 Å². The van der Waals surface area contributed by atoms with Gasteiger partial charge in [-0.3, -0.25) is 4.79 Å². The van der Waals surface area contributed by atoms with Gasteiger partial charge >= 0.3 is 0 Å². The second kappa shape index (κ2) is 12.7. The summed E-state index contributed by atoms with van der Waals surface area (Å²) >= 11 is 3.84. The summed E-state index contributed by atoms with van der Waals surface area (Å²) in [5.74, 6) is 0.564. The van der Waals surface area contributed by atoms with Crippen LogP contribution in [0.4, 0.5) is 0 Å². The van der Waals surface area contributed by atoms with Crippen molar-refractivity contribution in [1.29, 1.82) is 0 Å². The first kappa shape index (κ1) is 19.6. The maximum Gasteiger partial charge on any atom is 0.216 e. The van der Waals surface area contributed by atoms with Gasteiger partial charge in [-0.25, -0.2) is 0 Å². The summed E-state index contributed by atoms with van der Waals surface area (Å²) in [5.41, 5.74) is 1.83. The van der Waals surface area contributed by atoms with Crippen LogP contribution in [0.15, 0.2) is 24.3 Å². The van der Waals surface area contributed by atoms with Gasteiger partial charge < -0.3 is 0 Å². The molecule has 0 heterocycles. The normalized spacial score (nSPS) is 8.89. The van der Waals surface area contributed by atoms with Crippen LogP contribution in [0, 0.1) is 5.92 Å². The molecule has 0 aliphatic heterocycles. The number of carbonyl (C=O) groups excluding carboxylic acids is 1. The highest BCUT2D eigenvalue weighted by Crippen LogP contribution is 2.15. The van der Waals surface area contributed by atoms with Crippen LogP contribution in [0.1, 0.15) is 63.9 Å². The van der Waals surface area contributed by atoms with Crippen LogP contribution in [0.2, 0.25) is 0 Å². The zero-order chi connectivity index (χ0) is 14.6. The Kier molecular flexibility index (Phi) is 13.8. The number of rotatable bonds is 3. The molecular weight excluding hydrogens is 240 g/mol. The summed E-state index contributed by atoms with van der Waals surface area (Å²) in [6.07, 6.45) is 2.18. The average molecular weight is 268 g/mol. The van der Waals surface area contributed by atoms with E-state index in [4.69, 9.17) is 0 Å². The Bertz CT molecular complexity index is 319. The fourth-order valence-electron chi connectivity index (χ4n) is 1.35. The number of hydrogen-bond donors (Lipinski definition) is 1. The van der Waals surface area contributed by atoms with Crippen molar-refractivity contribution in [3.8, 4) is 0 Å². The smallest absolute Gasteiger partial charge is 0.216 e. The molecule has 0 saturated carbocycles. The van der Waals surface area contributed by atoms with Gasteiger partial charge in [0.25, 0.3) is 0 Å². The standard InChI is InChI=1S/C11H14OS.C3H8.C2H6/c1-8(2)7-9-5-3-4-6-10(9)11(12)13;1-3-2;1-2/h3-6,8H,7H2,1-2H3,(H,12,13);3H2,1-2H3;1-2H3. The number of hydrogen-bond acceptors (Lipinski definition) is 1. The lowest BCUT2D eigenvalue weighted by Gasteiger charge is -2.08. The Morgan fingerprint density at radius 2 is 1.61 bits per heavy atom. The van der Waals surface area contributed by atoms with Crippen LogP contribution in [-0.4, -0.2) is 5.12 Å². The molecule has 0 aliphatic carbocycles. The maximum absolute atomic E-state index is 11.1. The molecule has 1 nitrogen and oxygen atoms in total. The molecule has 0 aliphatic rings. The summed E-state index contributed by atoms with van der Waals surface area (Å²) in [6, 6.07) is 7.64. The first-order chi connectivity index (χ1) is 8.52. The lowest BCUT2D eigenvalue weighted by atomic mass is 9.99. The lowest BCUT2D eigenvalue weighted by molar-refractivity contribution is 0.109. The third-order valence-electron chi connectivity index (χ3n) is 1.88. The topological polar surface area (TPSA) is 17.1 Å². The molecule has 2 heteroatoms. The Morgan fingerprint density at radius 1 is 1.17 bits per heavy atom. The average Bonchev–Trinajstić information content (AvgIpc) is 2.32. The van der Waals surface area contributed by atoms with Crippen molar-refractivity contribution in [1.82, 2.24) is 0 Å². The summed E-state index contributed by atoms with van der Waals surface area (Å²) in [4.78, 5) is 11.1. The molecule has 0 aromatic heterocycles. The Balaban J connectivity index is 0. The molecule has 0 unspecified atom stereocenters. The van der Waals surface area contributed by atoms with Crippen LogP contribution >= 0.6 is 12.6 Å². The molecule has 104 valence electrons. The van der Waals surface area contributed by atoms with E-state index >= 15 is 0 Å². The summed E-state index contributed by atoms with van der Waals surface area (Å²) in [6.45, 7) is 12.5. The minimum absolute atomic E-state index is 0.142. The fourth-order valence-corrected chi connectivity index (χ4v) is 1.56. The van der Waals surface area contributed by atoms with Gasteiger partial charge in [-0.1, -0.05) is 72.2 Å². The Morgan fingerprint density at radius 3 is 2.00 bits per heavy atom. The largest absolute Gasteiger partial charge is 0.282 e. The molecule has 1 aromatic rings. The SMILES string of the molecule is CC.CC(C)Cc1ccccc1C(=O)S.CCC. The minimum atomic E-state index is -0.142. The molecule has 0 fully saturated rings. The van der Waals surface area contributed by atoms with Crippen molar-refractivity contribution in [2.75, 3.05) is 0 Å². The summed E-state index contributed by atoms with van der Waals surface area (Å²) < 4.78 is 0. The Hall–Kier alpha value is -0.760. The molecule has 1 aromatic carbocycles. The summed E-state index contributed by atoms with van der Waals surface area (Å²) in [7, 11) is 0. The predicted octanol–water partition coefficient (Wildman–Crippen LogP) is 5.40. The van der Waals surface area contributed by atoms with Crippen LogP contribution in [-0.2, 0) is 6.42 Å². The Labute approximate surface area is 118 Å². The van der Waals surface area contributed by atoms with Crippen molar-refractivity contribution >= 4 is 17.7 Å². The quantitative estimate of drug-likeness (QED) is 0.727. The van der Waals surface area contributed by atoms with Crippen molar-refractivity contribution < 1.29 is 4.79 Å². The van der Waals surface area contributed by atoms with E-state index in [1.807, 2.05) is 38.1 Å². The van der Waals surface area contributed by atoms with Gasteiger partial charge in [0, 0.05) is 5.56 Å². The molecule has 0 N–H and O–H groups in total. The van der Waals surface area contributed by atoms with E-state index in [1.165, 1.54) is 6.42 Å². The van der Waals surface area contributed by atoms with E-state index in [1.54, 1.807) is 0 Å². The molecule has 0 amide bonds. The number of benzene rings is 1. The fraction of sp³-hybridized carbons (Fsp3) is 0.562. The third-order valence-corrected chi connectivity index (χ3v) is 2.12. The molecular formula is C16H28OS. The molecule has 1 rings (SSSR count). The van der Waals surface area contributed by atoms with E-state index in [0.717, 1.165) is 17.5 Å². The van der Waals surface area contributed by atoms with Gasteiger partial charge in [-0.2, -0.15) is 0 Å². The van der Waals surface area contributed by atoms with Gasteiger partial charge in [-0.15, -0.1) is 12.6 Å².